The number of amides is 2. The molecule has 9 heteroatoms. The molecular formula is C26H42N4O5. The largest absolute Gasteiger partial charge is 0.392 e. The van der Waals surface area contributed by atoms with Crippen molar-refractivity contribution >= 4 is 11.8 Å². The van der Waals surface area contributed by atoms with Crippen molar-refractivity contribution in [3.63, 3.8) is 0 Å². The van der Waals surface area contributed by atoms with Crippen LogP contribution in [-0.4, -0.2) is 84.5 Å². The zero-order valence-electron chi connectivity index (χ0n) is 21.8. The lowest BCUT2D eigenvalue weighted by Gasteiger charge is -2.56. The summed E-state index contributed by atoms with van der Waals surface area (Å²) in [7, 11) is 3.25. The van der Waals surface area contributed by atoms with Crippen LogP contribution in [0.5, 0.6) is 0 Å². The maximum absolute atomic E-state index is 13.4. The number of hydrogen-bond acceptors (Lipinski definition) is 7. The van der Waals surface area contributed by atoms with Crippen molar-refractivity contribution in [1.82, 2.24) is 20.2 Å². The lowest BCUT2D eigenvalue weighted by atomic mass is 9.51. The van der Waals surface area contributed by atoms with Crippen molar-refractivity contribution in [2.45, 2.75) is 58.6 Å². The van der Waals surface area contributed by atoms with Gasteiger partial charge in [0.2, 0.25) is 5.91 Å². The predicted molar refractivity (Wildman–Crippen MR) is 132 cm³/mol. The van der Waals surface area contributed by atoms with E-state index in [1.165, 1.54) is 18.7 Å². The first-order chi connectivity index (χ1) is 16.7. The average molecular weight is 491 g/mol. The van der Waals surface area contributed by atoms with Crippen LogP contribution in [0, 0.1) is 29.1 Å². The van der Waals surface area contributed by atoms with Crippen LogP contribution in [0.25, 0.3) is 0 Å². The standard InChI is InChI=1S/C26H42N4O5/c1-17(25(33)30(10-12-34-4)11-13-35-5)20-6-8-26(3)9-7-21(18(2)22(26)23(20)31)29-24(32)19-14-27-16-28-15-19/h14-18,20-23,31H,6-13H2,1-5H3,(H,29,32)/t17-,18+,20?,21-,22+,23-,26-/m0/s1. The van der Waals surface area contributed by atoms with Gasteiger partial charge in [-0.1, -0.05) is 20.8 Å². The van der Waals surface area contributed by atoms with E-state index >= 15 is 0 Å². The number of carbonyl (C=O) groups excluding carboxylic acids is 2. The van der Waals surface area contributed by atoms with Crippen LogP contribution in [-0.2, 0) is 14.3 Å². The van der Waals surface area contributed by atoms with Crippen LogP contribution in [0.2, 0.25) is 0 Å². The van der Waals surface area contributed by atoms with Gasteiger partial charge in [0, 0.05) is 51.7 Å². The number of nitrogens with zero attached hydrogens (tertiary/aromatic N) is 3. The molecule has 35 heavy (non-hydrogen) atoms. The van der Waals surface area contributed by atoms with Gasteiger partial charge in [-0.2, -0.15) is 0 Å². The number of nitrogens with one attached hydrogen (secondary N) is 1. The fourth-order valence-electron chi connectivity index (χ4n) is 6.37. The third-order valence-corrected chi connectivity index (χ3v) is 8.50. The van der Waals surface area contributed by atoms with E-state index in [0.29, 0.717) is 31.9 Å². The SMILES string of the molecule is COCCN(CCOC)C(=O)[C@@H](C)C1CC[C@@]2(C)CC[C@H](NC(=O)c3cncnc3)[C@@H](C)[C@@H]2[C@H]1O. The molecule has 2 aliphatic rings. The topological polar surface area (TPSA) is 114 Å². The van der Waals surface area contributed by atoms with E-state index in [0.717, 1.165) is 25.7 Å². The molecule has 0 aromatic carbocycles. The van der Waals surface area contributed by atoms with Crippen molar-refractivity contribution in [1.29, 1.82) is 0 Å². The molecule has 0 bridgehead atoms. The molecule has 0 spiro atoms. The zero-order valence-corrected chi connectivity index (χ0v) is 21.8. The second kappa shape index (κ2) is 12.2. The highest BCUT2D eigenvalue weighted by molar-refractivity contribution is 5.93. The first-order valence-corrected chi connectivity index (χ1v) is 12.7. The van der Waals surface area contributed by atoms with Crippen LogP contribution in [0.15, 0.2) is 18.7 Å². The lowest BCUT2D eigenvalue weighted by Crippen LogP contribution is -2.58. The molecule has 2 fully saturated rings. The van der Waals surface area contributed by atoms with Crippen molar-refractivity contribution in [2.24, 2.45) is 29.1 Å². The van der Waals surface area contributed by atoms with Gasteiger partial charge in [-0.05, 0) is 48.9 Å². The quantitative estimate of drug-likeness (QED) is 0.517. The lowest BCUT2D eigenvalue weighted by molar-refractivity contribution is -0.151. The molecule has 3 rings (SSSR count). The first-order valence-electron chi connectivity index (χ1n) is 12.7. The van der Waals surface area contributed by atoms with E-state index in [1.54, 1.807) is 19.1 Å². The third kappa shape index (κ3) is 6.19. The third-order valence-electron chi connectivity index (χ3n) is 8.50. The molecule has 0 radical (unpaired) electrons. The predicted octanol–water partition coefficient (Wildman–Crippen LogP) is 2.16. The summed E-state index contributed by atoms with van der Waals surface area (Å²) in [5.41, 5.74) is 0.419. The molecule has 2 N–H and O–H groups in total. The van der Waals surface area contributed by atoms with Crippen molar-refractivity contribution in [3.05, 3.63) is 24.3 Å². The van der Waals surface area contributed by atoms with E-state index in [9.17, 15) is 14.7 Å². The summed E-state index contributed by atoms with van der Waals surface area (Å²) in [6.07, 6.45) is 7.38. The summed E-state index contributed by atoms with van der Waals surface area (Å²) in [6.45, 7) is 8.24. The normalized spacial score (nSPS) is 31.3. The first kappa shape index (κ1) is 27.5. The molecule has 196 valence electrons. The summed E-state index contributed by atoms with van der Waals surface area (Å²) in [4.78, 5) is 35.9. The number of aliphatic hydroxyl groups is 1. The molecule has 1 heterocycles. The second-order valence-electron chi connectivity index (χ2n) is 10.6. The van der Waals surface area contributed by atoms with Crippen LogP contribution in [0.3, 0.4) is 0 Å². The van der Waals surface area contributed by atoms with Gasteiger partial charge in [0.1, 0.15) is 6.33 Å². The van der Waals surface area contributed by atoms with Crippen LogP contribution >= 0.6 is 0 Å². The molecular weight excluding hydrogens is 448 g/mol. The van der Waals surface area contributed by atoms with Crippen LogP contribution < -0.4 is 5.32 Å². The Morgan fingerprint density at radius 1 is 1.17 bits per heavy atom. The summed E-state index contributed by atoms with van der Waals surface area (Å²) in [5.74, 6) is -0.540. The van der Waals surface area contributed by atoms with Gasteiger partial charge in [-0.25, -0.2) is 9.97 Å². The van der Waals surface area contributed by atoms with Crippen LogP contribution in [0.4, 0.5) is 0 Å². The minimum absolute atomic E-state index is 0.00558. The Morgan fingerprint density at radius 2 is 1.77 bits per heavy atom. The molecule has 0 saturated heterocycles. The number of methoxy groups -OCH3 is 2. The van der Waals surface area contributed by atoms with Gasteiger partial charge in [0.25, 0.3) is 5.91 Å². The molecule has 2 amide bonds. The number of fused-ring (bicyclic) bond motifs is 1. The number of carbonyl (C=O) groups is 2. The molecule has 1 unspecified atom stereocenters. The minimum atomic E-state index is -0.617. The molecule has 1 aromatic rings. The molecule has 2 aliphatic carbocycles. The smallest absolute Gasteiger partial charge is 0.254 e. The van der Waals surface area contributed by atoms with Crippen LogP contribution in [0.1, 0.15) is 56.8 Å². The Hall–Kier alpha value is -2.10. The summed E-state index contributed by atoms with van der Waals surface area (Å²) >= 11 is 0. The highest BCUT2D eigenvalue weighted by atomic mass is 16.5. The van der Waals surface area contributed by atoms with E-state index in [2.05, 4.69) is 29.1 Å². The van der Waals surface area contributed by atoms with Crippen molar-refractivity contribution in [3.8, 4) is 0 Å². The van der Waals surface area contributed by atoms with Crippen molar-refractivity contribution in [2.75, 3.05) is 40.5 Å². The number of rotatable bonds is 10. The molecule has 7 atom stereocenters. The maximum Gasteiger partial charge on any atom is 0.254 e. The van der Waals surface area contributed by atoms with E-state index in [4.69, 9.17) is 9.47 Å². The highest BCUT2D eigenvalue weighted by Gasteiger charge is 2.54. The monoisotopic (exact) mass is 490 g/mol. The number of aromatic nitrogens is 2. The van der Waals surface area contributed by atoms with Gasteiger partial charge in [0.15, 0.2) is 0 Å². The summed E-state index contributed by atoms with van der Waals surface area (Å²) < 4.78 is 10.4. The van der Waals surface area contributed by atoms with Gasteiger partial charge in [0.05, 0.1) is 24.9 Å². The molecule has 9 nitrogen and oxygen atoms in total. The van der Waals surface area contributed by atoms with E-state index < -0.39 is 6.10 Å². The second-order valence-corrected chi connectivity index (χ2v) is 10.6. The zero-order chi connectivity index (χ0) is 25.6. The number of ether oxygens (including phenoxy) is 2. The minimum Gasteiger partial charge on any atom is -0.392 e. The van der Waals surface area contributed by atoms with Gasteiger partial charge in [-0.15, -0.1) is 0 Å². The summed E-state index contributed by atoms with van der Waals surface area (Å²) in [5, 5.41) is 14.8. The van der Waals surface area contributed by atoms with Gasteiger partial charge < -0.3 is 24.8 Å². The Bertz CT molecular complexity index is 832. The molecule has 0 aliphatic heterocycles. The van der Waals surface area contributed by atoms with Crippen molar-refractivity contribution < 1.29 is 24.2 Å². The fourth-order valence-corrected chi connectivity index (χ4v) is 6.37. The Kier molecular flexibility index (Phi) is 9.61. The summed E-state index contributed by atoms with van der Waals surface area (Å²) in [6, 6.07) is -0.0555. The molecule has 1 aromatic heterocycles. The molecule has 2 saturated carbocycles. The Balaban J connectivity index is 1.72. The van der Waals surface area contributed by atoms with E-state index in [-0.39, 0.29) is 46.9 Å². The Labute approximate surface area is 209 Å². The average Bonchev–Trinajstić information content (AvgIpc) is 2.85. The highest BCUT2D eigenvalue weighted by Crippen LogP contribution is 2.55. The van der Waals surface area contributed by atoms with Gasteiger partial charge in [-0.3, -0.25) is 9.59 Å². The van der Waals surface area contributed by atoms with E-state index in [1.807, 2.05) is 6.92 Å². The van der Waals surface area contributed by atoms with Gasteiger partial charge >= 0.3 is 0 Å². The number of aliphatic hydroxyl groups excluding tert-OH is 1. The number of hydrogen-bond donors (Lipinski definition) is 2. The maximum atomic E-state index is 13.4. The fraction of sp³-hybridized carbons (Fsp3) is 0.769. The Morgan fingerprint density at radius 3 is 2.37 bits per heavy atom.